The molecule has 5 heterocycles. The van der Waals surface area contributed by atoms with E-state index in [1.54, 1.807) is 10.7 Å². The maximum Gasteiger partial charge on any atom is 0.233 e. The van der Waals surface area contributed by atoms with Crippen LogP contribution in [0.3, 0.4) is 0 Å². The van der Waals surface area contributed by atoms with Crippen LogP contribution in [0.1, 0.15) is 18.5 Å². The van der Waals surface area contributed by atoms with Gasteiger partial charge in [-0.25, -0.2) is 9.50 Å². The molecule has 0 aromatic carbocycles. The highest BCUT2D eigenvalue weighted by molar-refractivity contribution is 6.01. The van der Waals surface area contributed by atoms with E-state index >= 15 is 0 Å². The molecule has 3 aromatic heterocycles. The molecule has 0 aliphatic carbocycles. The molecule has 0 bridgehead atoms. The van der Waals surface area contributed by atoms with Gasteiger partial charge in [0.15, 0.2) is 5.65 Å². The third-order valence-electron chi connectivity index (χ3n) is 5.22. The van der Waals surface area contributed by atoms with E-state index in [9.17, 15) is 4.79 Å². The first kappa shape index (κ1) is 15.5. The lowest BCUT2D eigenvalue weighted by Gasteiger charge is -2.27. The van der Waals surface area contributed by atoms with E-state index in [2.05, 4.69) is 21.1 Å². The van der Waals surface area contributed by atoms with E-state index in [4.69, 9.17) is 4.74 Å². The average Bonchev–Trinajstić information content (AvgIpc) is 3.26. The Morgan fingerprint density at radius 1 is 1.15 bits per heavy atom. The lowest BCUT2D eigenvalue weighted by atomic mass is 9.99. The van der Waals surface area contributed by atoms with Crippen molar-refractivity contribution >= 4 is 17.2 Å². The van der Waals surface area contributed by atoms with Crippen LogP contribution in [0.15, 0.2) is 36.9 Å². The van der Waals surface area contributed by atoms with Crippen LogP contribution in [0.2, 0.25) is 0 Å². The Morgan fingerprint density at radius 2 is 2.00 bits per heavy atom. The summed E-state index contributed by atoms with van der Waals surface area (Å²) in [5.74, 6) is 0.626. The minimum atomic E-state index is 0.136. The lowest BCUT2D eigenvalue weighted by Crippen LogP contribution is -2.34. The Labute approximate surface area is 150 Å². The van der Waals surface area contributed by atoms with Gasteiger partial charge in [-0.2, -0.15) is 5.10 Å². The smallest absolute Gasteiger partial charge is 0.233 e. The van der Waals surface area contributed by atoms with E-state index in [0.717, 1.165) is 60.8 Å². The van der Waals surface area contributed by atoms with Crippen LogP contribution >= 0.6 is 0 Å². The Kier molecular flexibility index (Phi) is 3.67. The summed E-state index contributed by atoms with van der Waals surface area (Å²) in [6.45, 7) is 2.32. The highest BCUT2D eigenvalue weighted by atomic mass is 16.5. The molecule has 0 saturated carbocycles. The molecule has 1 saturated heterocycles. The topological polar surface area (TPSA) is 72.6 Å². The predicted molar refractivity (Wildman–Crippen MR) is 95.8 cm³/mol. The summed E-state index contributed by atoms with van der Waals surface area (Å²) >= 11 is 0. The van der Waals surface area contributed by atoms with E-state index in [0.29, 0.717) is 12.3 Å². The number of carbonyl (C=O) groups excluding carboxylic acids is 1. The third-order valence-corrected chi connectivity index (χ3v) is 5.22. The Morgan fingerprint density at radius 3 is 2.88 bits per heavy atom. The van der Waals surface area contributed by atoms with Crippen molar-refractivity contribution in [1.29, 1.82) is 0 Å². The zero-order valence-electron chi connectivity index (χ0n) is 14.3. The normalized spacial score (nSPS) is 17.8. The van der Waals surface area contributed by atoms with E-state index in [-0.39, 0.29) is 5.91 Å². The molecule has 3 aromatic rings. The van der Waals surface area contributed by atoms with Crippen LogP contribution in [-0.4, -0.2) is 45.2 Å². The quantitative estimate of drug-likeness (QED) is 0.724. The highest BCUT2D eigenvalue weighted by Gasteiger charge is 2.31. The van der Waals surface area contributed by atoms with Gasteiger partial charge in [-0.15, -0.1) is 0 Å². The molecule has 2 aliphatic heterocycles. The third kappa shape index (κ3) is 2.64. The first-order valence-corrected chi connectivity index (χ1v) is 8.95. The lowest BCUT2D eigenvalue weighted by molar-refractivity contribution is -0.117. The van der Waals surface area contributed by atoms with Crippen molar-refractivity contribution in [3.05, 3.63) is 42.6 Å². The van der Waals surface area contributed by atoms with Crippen molar-refractivity contribution in [2.24, 2.45) is 5.92 Å². The number of rotatable bonds is 3. The largest absolute Gasteiger partial charge is 0.381 e. The van der Waals surface area contributed by atoms with Gasteiger partial charge in [-0.1, -0.05) is 0 Å². The molecule has 0 N–H and O–H groups in total. The molecule has 7 heteroatoms. The maximum atomic E-state index is 12.5. The molecule has 26 heavy (non-hydrogen) atoms. The van der Waals surface area contributed by atoms with Crippen molar-refractivity contribution in [2.75, 3.05) is 24.7 Å². The second-order valence-corrected chi connectivity index (χ2v) is 6.90. The van der Waals surface area contributed by atoms with Gasteiger partial charge in [0.25, 0.3) is 0 Å². The summed E-state index contributed by atoms with van der Waals surface area (Å²) in [6.07, 6.45) is 9.69. The number of anilines is 1. The number of nitrogens with zero attached hydrogens (tertiary/aromatic N) is 5. The maximum absolute atomic E-state index is 12.5. The number of hydrogen-bond donors (Lipinski definition) is 0. The molecule has 0 radical (unpaired) electrons. The van der Waals surface area contributed by atoms with Gasteiger partial charge < -0.3 is 9.64 Å². The molecular weight excluding hydrogens is 330 g/mol. The molecule has 0 unspecified atom stereocenters. The summed E-state index contributed by atoms with van der Waals surface area (Å²) < 4.78 is 7.18. The fourth-order valence-electron chi connectivity index (χ4n) is 3.73. The Hall–Kier alpha value is -2.80. The van der Waals surface area contributed by atoms with E-state index in [1.807, 2.05) is 29.6 Å². The van der Waals surface area contributed by atoms with Crippen molar-refractivity contribution in [1.82, 2.24) is 19.6 Å². The number of aromatic nitrogens is 4. The molecular formula is C19H19N5O2. The molecule has 0 atom stereocenters. The Balaban J connectivity index is 1.48. The van der Waals surface area contributed by atoms with Gasteiger partial charge in [0, 0.05) is 55.5 Å². The summed E-state index contributed by atoms with van der Waals surface area (Å²) in [7, 11) is 0. The van der Waals surface area contributed by atoms with Crippen LogP contribution < -0.4 is 4.90 Å². The molecule has 1 amide bonds. The number of carbonyl (C=O) groups is 1. The van der Waals surface area contributed by atoms with Gasteiger partial charge in [0.1, 0.15) is 0 Å². The van der Waals surface area contributed by atoms with Crippen molar-refractivity contribution in [3.8, 4) is 11.1 Å². The van der Waals surface area contributed by atoms with Crippen LogP contribution in [0, 0.1) is 5.92 Å². The standard InChI is InChI=1S/C19H19N5O2/c25-19-8-16-17(23(19)11-13-2-5-26-6-3-13)7-14(9-20-16)15-10-21-18-1-4-22-24(18)12-15/h1,4,7,9-10,12-13H,2-3,5-6,8,11H2. The number of pyridine rings is 1. The molecule has 7 nitrogen and oxygen atoms in total. The number of ether oxygens (including phenoxy) is 1. The first-order valence-electron chi connectivity index (χ1n) is 8.95. The van der Waals surface area contributed by atoms with Crippen LogP contribution in [0.5, 0.6) is 0 Å². The monoisotopic (exact) mass is 349 g/mol. The second-order valence-electron chi connectivity index (χ2n) is 6.90. The van der Waals surface area contributed by atoms with Crippen LogP contribution in [0.4, 0.5) is 5.69 Å². The molecule has 5 rings (SSSR count). The zero-order valence-corrected chi connectivity index (χ0v) is 14.3. The minimum Gasteiger partial charge on any atom is -0.381 e. The van der Waals surface area contributed by atoms with Gasteiger partial charge in [0.05, 0.1) is 24.0 Å². The highest BCUT2D eigenvalue weighted by Crippen LogP contribution is 2.33. The number of fused-ring (bicyclic) bond motifs is 2. The predicted octanol–water partition coefficient (Wildman–Crippen LogP) is 2.11. The first-order chi connectivity index (χ1) is 12.8. The minimum absolute atomic E-state index is 0.136. The summed E-state index contributed by atoms with van der Waals surface area (Å²) in [5.41, 5.74) is 4.47. The fourth-order valence-corrected chi connectivity index (χ4v) is 3.73. The van der Waals surface area contributed by atoms with Gasteiger partial charge in [-0.3, -0.25) is 9.78 Å². The number of hydrogen-bond acceptors (Lipinski definition) is 5. The van der Waals surface area contributed by atoms with E-state index < -0.39 is 0 Å². The average molecular weight is 349 g/mol. The molecule has 0 spiro atoms. The SMILES string of the molecule is O=C1Cc2ncc(-c3cnc4ccnn4c3)cc2N1CC1CCOCC1. The Bertz CT molecular complexity index is 977. The van der Waals surface area contributed by atoms with E-state index in [1.165, 1.54) is 0 Å². The number of amides is 1. The van der Waals surface area contributed by atoms with Crippen LogP contribution in [0.25, 0.3) is 16.8 Å². The zero-order chi connectivity index (χ0) is 17.5. The summed E-state index contributed by atoms with van der Waals surface area (Å²) in [4.78, 5) is 23.4. The summed E-state index contributed by atoms with van der Waals surface area (Å²) in [6, 6.07) is 3.91. The second kappa shape index (κ2) is 6.17. The van der Waals surface area contributed by atoms with Gasteiger partial charge in [-0.05, 0) is 24.8 Å². The molecule has 2 aliphatic rings. The fraction of sp³-hybridized carbons (Fsp3) is 0.368. The van der Waals surface area contributed by atoms with Crippen LogP contribution in [-0.2, 0) is 16.0 Å². The van der Waals surface area contributed by atoms with Gasteiger partial charge in [0.2, 0.25) is 5.91 Å². The van der Waals surface area contributed by atoms with Crippen molar-refractivity contribution in [2.45, 2.75) is 19.3 Å². The molecule has 132 valence electrons. The van der Waals surface area contributed by atoms with Crippen molar-refractivity contribution in [3.63, 3.8) is 0 Å². The van der Waals surface area contributed by atoms with Gasteiger partial charge >= 0.3 is 0 Å². The molecule has 1 fully saturated rings. The van der Waals surface area contributed by atoms with Crippen molar-refractivity contribution < 1.29 is 9.53 Å². The summed E-state index contributed by atoms with van der Waals surface area (Å²) in [5, 5.41) is 4.24.